The molecular formula is C16H16N2O2. The number of rotatable bonds is 4. The van der Waals surface area contributed by atoms with Crippen LogP contribution in [0.5, 0.6) is 5.75 Å². The van der Waals surface area contributed by atoms with Crippen LogP contribution in [0.15, 0.2) is 59.7 Å². The first kappa shape index (κ1) is 13.8. The van der Waals surface area contributed by atoms with Crippen LogP contribution in [-0.2, 0) is 0 Å². The zero-order valence-electron chi connectivity index (χ0n) is 11.2. The predicted octanol–water partition coefficient (Wildman–Crippen LogP) is 2.94. The van der Waals surface area contributed by atoms with E-state index >= 15 is 0 Å². The van der Waals surface area contributed by atoms with Gasteiger partial charge in [0, 0.05) is 5.56 Å². The van der Waals surface area contributed by atoms with Crippen LogP contribution in [0.25, 0.3) is 0 Å². The quantitative estimate of drug-likeness (QED) is 0.661. The predicted molar refractivity (Wildman–Crippen MR) is 78.8 cm³/mol. The molecular weight excluding hydrogens is 252 g/mol. The fourth-order valence-electron chi connectivity index (χ4n) is 1.77. The Bertz CT molecular complexity index is 604. The number of phenolic OH excluding ortho intramolecular Hbond substituents is 1. The maximum Gasteiger partial charge on any atom is 0.271 e. The summed E-state index contributed by atoms with van der Waals surface area (Å²) in [4.78, 5) is 11.9. The molecule has 0 aromatic heterocycles. The molecule has 0 aliphatic carbocycles. The van der Waals surface area contributed by atoms with Crippen molar-refractivity contribution in [2.75, 3.05) is 0 Å². The maximum absolute atomic E-state index is 11.9. The number of nitrogens with one attached hydrogen (secondary N) is 1. The van der Waals surface area contributed by atoms with Gasteiger partial charge in [0.2, 0.25) is 0 Å². The summed E-state index contributed by atoms with van der Waals surface area (Å²) in [5.41, 5.74) is 4.75. The molecule has 0 saturated heterocycles. The van der Waals surface area contributed by atoms with Gasteiger partial charge in [0.15, 0.2) is 0 Å². The van der Waals surface area contributed by atoms with Crippen molar-refractivity contribution in [3.8, 4) is 5.75 Å². The lowest BCUT2D eigenvalue weighted by Crippen LogP contribution is -2.19. The topological polar surface area (TPSA) is 61.7 Å². The first-order valence-electron chi connectivity index (χ1n) is 6.42. The summed E-state index contributed by atoms with van der Waals surface area (Å²) in [6.45, 7) is 1.96. The van der Waals surface area contributed by atoms with E-state index in [1.807, 2.05) is 13.0 Å². The second-order valence-corrected chi connectivity index (χ2v) is 4.27. The van der Waals surface area contributed by atoms with Gasteiger partial charge in [0.05, 0.1) is 5.71 Å². The summed E-state index contributed by atoms with van der Waals surface area (Å²) in [5, 5.41) is 13.4. The van der Waals surface area contributed by atoms with Crippen molar-refractivity contribution in [1.82, 2.24) is 5.43 Å². The van der Waals surface area contributed by atoms with Gasteiger partial charge in [-0.2, -0.15) is 5.10 Å². The first-order valence-corrected chi connectivity index (χ1v) is 6.42. The third kappa shape index (κ3) is 3.45. The Labute approximate surface area is 117 Å². The molecule has 0 saturated carbocycles. The van der Waals surface area contributed by atoms with E-state index in [9.17, 15) is 9.90 Å². The van der Waals surface area contributed by atoms with Gasteiger partial charge in [0.25, 0.3) is 5.91 Å². The summed E-state index contributed by atoms with van der Waals surface area (Å²) < 4.78 is 0. The molecule has 0 fully saturated rings. The number of nitrogens with zero attached hydrogens (tertiary/aromatic N) is 1. The minimum absolute atomic E-state index is 0.206. The van der Waals surface area contributed by atoms with Crippen LogP contribution in [0.3, 0.4) is 0 Å². The number of carbonyl (C=O) groups excluding carboxylic acids is 1. The molecule has 2 aromatic rings. The monoisotopic (exact) mass is 268 g/mol. The lowest BCUT2D eigenvalue weighted by Gasteiger charge is -2.05. The lowest BCUT2D eigenvalue weighted by atomic mass is 10.1. The van der Waals surface area contributed by atoms with Gasteiger partial charge in [-0.25, -0.2) is 5.43 Å². The van der Waals surface area contributed by atoms with Crippen LogP contribution in [0.4, 0.5) is 0 Å². The summed E-state index contributed by atoms with van der Waals surface area (Å²) in [6.07, 6.45) is 0.680. The Morgan fingerprint density at radius 1 is 1.05 bits per heavy atom. The summed E-state index contributed by atoms with van der Waals surface area (Å²) in [5.74, 6) is -0.0344. The van der Waals surface area contributed by atoms with E-state index in [2.05, 4.69) is 10.5 Å². The van der Waals surface area contributed by atoms with E-state index in [1.54, 1.807) is 48.5 Å². The van der Waals surface area contributed by atoms with Crippen LogP contribution in [0.1, 0.15) is 29.3 Å². The molecule has 0 bridgehead atoms. The van der Waals surface area contributed by atoms with E-state index in [4.69, 9.17) is 0 Å². The molecule has 20 heavy (non-hydrogen) atoms. The van der Waals surface area contributed by atoms with Crippen LogP contribution < -0.4 is 5.43 Å². The maximum atomic E-state index is 11.9. The van der Waals surface area contributed by atoms with Crippen molar-refractivity contribution in [3.63, 3.8) is 0 Å². The molecule has 0 heterocycles. The number of aromatic hydroxyl groups is 1. The molecule has 0 spiro atoms. The zero-order chi connectivity index (χ0) is 14.4. The Morgan fingerprint density at radius 2 is 1.70 bits per heavy atom. The Kier molecular flexibility index (Phi) is 4.50. The number of benzene rings is 2. The molecule has 2 rings (SSSR count). The summed E-state index contributed by atoms with van der Waals surface area (Å²) in [6, 6.07) is 15.7. The number of amides is 1. The van der Waals surface area contributed by atoms with Gasteiger partial charge in [-0.1, -0.05) is 25.1 Å². The highest BCUT2D eigenvalue weighted by atomic mass is 16.3. The molecule has 1 amide bonds. The average Bonchev–Trinajstić information content (AvgIpc) is 2.50. The SMILES string of the molecule is CC/C(=N\NC(=O)c1ccccc1)c1ccc(O)cc1. The summed E-state index contributed by atoms with van der Waals surface area (Å²) in [7, 11) is 0. The van der Waals surface area contributed by atoms with E-state index in [0.29, 0.717) is 12.0 Å². The van der Waals surface area contributed by atoms with E-state index in [1.165, 1.54) is 0 Å². The van der Waals surface area contributed by atoms with Crippen molar-refractivity contribution >= 4 is 11.6 Å². The Morgan fingerprint density at radius 3 is 2.30 bits per heavy atom. The van der Waals surface area contributed by atoms with Gasteiger partial charge in [0.1, 0.15) is 5.75 Å². The number of hydrazone groups is 1. The van der Waals surface area contributed by atoms with Gasteiger partial charge < -0.3 is 5.11 Å². The molecule has 4 heteroatoms. The minimum Gasteiger partial charge on any atom is -0.508 e. The number of phenols is 1. The van der Waals surface area contributed by atoms with Gasteiger partial charge >= 0.3 is 0 Å². The van der Waals surface area contributed by atoms with Crippen molar-refractivity contribution < 1.29 is 9.90 Å². The van der Waals surface area contributed by atoms with E-state index in [-0.39, 0.29) is 11.7 Å². The fourth-order valence-corrected chi connectivity index (χ4v) is 1.77. The molecule has 2 N–H and O–H groups in total. The van der Waals surface area contributed by atoms with Gasteiger partial charge in [-0.15, -0.1) is 0 Å². The normalized spacial score (nSPS) is 11.2. The molecule has 0 radical (unpaired) electrons. The molecule has 102 valence electrons. The van der Waals surface area contributed by atoms with Gasteiger partial charge in [-0.05, 0) is 48.4 Å². The van der Waals surface area contributed by atoms with E-state index in [0.717, 1.165) is 11.3 Å². The van der Waals surface area contributed by atoms with Crippen molar-refractivity contribution in [2.24, 2.45) is 5.10 Å². The highest BCUT2D eigenvalue weighted by Gasteiger charge is 2.05. The molecule has 0 atom stereocenters. The Hall–Kier alpha value is -2.62. The lowest BCUT2D eigenvalue weighted by molar-refractivity contribution is 0.0955. The molecule has 0 unspecified atom stereocenters. The fraction of sp³-hybridized carbons (Fsp3) is 0.125. The number of hydrogen-bond donors (Lipinski definition) is 2. The molecule has 0 aliphatic heterocycles. The standard InChI is InChI=1S/C16H16N2O2/c1-2-15(12-8-10-14(19)11-9-12)17-18-16(20)13-6-4-3-5-7-13/h3-11,19H,2H2,1H3,(H,18,20)/b17-15+. The van der Waals surface area contributed by atoms with Crippen LogP contribution in [-0.4, -0.2) is 16.7 Å². The second-order valence-electron chi connectivity index (χ2n) is 4.27. The second kappa shape index (κ2) is 6.52. The highest BCUT2D eigenvalue weighted by Crippen LogP contribution is 2.11. The minimum atomic E-state index is -0.240. The van der Waals surface area contributed by atoms with Gasteiger partial charge in [-0.3, -0.25) is 4.79 Å². The molecule has 4 nitrogen and oxygen atoms in total. The first-order chi connectivity index (χ1) is 9.70. The van der Waals surface area contributed by atoms with Crippen molar-refractivity contribution in [2.45, 2.75) is 13.3 Å². The third-order valence-electron chi connectivity index (χ3n) is 2.86. The van der Waals surface area contributed by atoms with Crippen LogP contribution in [0.2, 0.25) is 0 Å². The number of hydrogen-bond acceptors (Lipinski definition) is 3. The van der Waals surface area contributed by atoms with Crippen molar-refractivity contribution in [3.05, 3.63) is 65.7 Å². The smallest absolute Gasteiger partial charge is 0.271 e. The molecule has 2 aromatic carbocycles. The zero-order valence-corrected chi connectivity index (χ0v) is 11.2. The van der Waals surface area contributed by atoms with Crippen LogP contribution >= 0.6 is 0 Å². The third-order valence-corrected chi connectivity index (χ3v) is 2.86. The molecule has 0 aliphatic rings. The number of carbonyl (C=O) groups is 1. The van der Waals surface area contributed by atoms with E-state index < -0.39 is 0 Å². The van der Waals surface area contributed by atoms with Crippen molar-refractivity contribution in [1.29, 1.82) is 0 Å². The largest absolute Gasteiger partial charge is 0.508 e. The van der Waals surface area contributed by atoms with Crippen LogP contribution in [0, 0.1) is 0 Å². The average molecular weight is 268 g/mol. The Balaban J connectivity index is 2.12. The highest BCUT2D eigenvalue weighted by molar-refractivity contribution is 6.02. The summed E-state index contributed by atoms with van der Waals surface area (Å²) >= 11 is 0.